The molecule has 3 aromatic heterocycles. The zero-order valence-corrected chi connectivity index (χ0v) is 33.3. The highest BCUT2D eigenvalue weighted by molar-refractivity contribution is 6.14. The van der Waals surface area contributed by atoms with E-state index < -0.39 is 0 Å². The van der Waals surface area contributed by atoms with Crippen LogP contribution in [0.1, 0.15) is 25.0 Å². The Kier molecular flexibility index (Phi) is 6.78. The van der Waals surface area contributed by atoms with Gasteiger partial charge in [-0.1, -0.05) is 129 Å². The minimum atomic E-state index is -0.140. The molecule has 0 bridgehead atoms. The van der Waals surface area contributed by atoms with Crippen LogP contribution in [0.2, 0.25) is 0 Å². The maximum absolute atomic E-state index is 6.65. The van der Waals surface area contributed by atoms with Gasteiger partial charge in [0.15, 0.2) is 0 Å². The van der Waals surface area contributed by atoms with Crippen molar-refractivity contribution in [1.82, 2.24) is 9.13 Å². The van der Waals surface area contributed by atoms with Crippen molar-refractivity contribution in [3.05, 3.63) is 205 Å². The van der Waals surface area contributed by atoms with Gasteiger partial charge in [-0.3, -0.25) is 0 Å². The number of furan rings is 1. The summed E-state index contributed by atoms with van der Waals surface area (Å²) in [6.07, 6.45) is 0. The Bertz CT molecular complexity index is 3730. The van der Waals surface area contributed by atoms with Crippen LogP contribution in [0.3, 0.4) is 0 Å². The van der Waals surface area contributed by atoms with Crippen molar-refractivity contribution in [3.8, 4) is 44.8 Å². The second kappa shape index (κ2) is 12.2. The molecule has 0 radical (unpaired) electrons. The van der Waals surface area contributed by atoms with Gasteiger partial charge in [0.2, 0.25) is 0 Å². The molecule has 60 heavy (non-hydrogen) atoms. The van der Waals surface area contributed by atoms with E-state index in [-0.39, 0.29) is 5.41 Å². The molecule has 0 saturated carbocycles. The van der Waals surface area contributed by atoms with Gasteiger partial charge in [-0.05, 0) is 118 Å². The lowest BCUT2D eigenvalue weighted by Gasteiger charge is -2.21. The minimum absolute atomic E-state index is 0.140. The second-order valence-corrected chi connectivity index (χ2v) is 16.9. The van der Waals surface area contributed by atoms with Crippen molar-refractivity contribution in [3.63, 3.8) is 0 Å². The fourth-order valence-electron chi connectivity index (χ4n) is 10.4. The van der Waals surface area contributed by atoms with Crippen molar-refractivity contribution in [2.75, 3.05) is 0 Å². The highest BCUT2D eigenvalue weighted by atomic mass is 16.3. The number of benzene rings is 9. The van der Waals surface area contributed by atoms with E-state index in [1.807, 2.05) is 0 Å². The molecule has 12 aromatic rings. The first-order chi connectivity index (χ1) is 29.5. The third-order valence-electron chi connectivity index (χ3n) is 13.3. The Morgan fingerprint density at radius 2 is 0.833 bits per heavy atom. The van der Waals surface area contributed by atoms with Gasteiger partial charge in [0.05, 0.1) is 22.1 Å². The molecule has 0 atom stereocenters. The molecule has 9 aromatic carbocycles. The molecule has 3 heteroatoms. The van der Waals surface area contributed by atoms with Crippen LogP contribution in [0.25, 0.3) is 110 Å². The molecule has 0 aliphatic heterocycles. The molecule has 0 N–H and O–H groups in total. The lowest BCUT2D eigenvalue weighted by molar-refractivity contribution is 0.653. The lowest BCUT2D eigenvalue weighted by Crippen LogP contribution is -2.14. The summed E-state index contributed by atoms with van der Waals surface area (Å²) >= 11 is 0. The number of rotatable bonds is 4. The molecule has 0 spiro atoms. The first-order valence-electron chi connectivity index (χ1n) is 20.8. The predicted molar refractivity (Wildman–Crippen MR) is 251 cm³/mol. The first kappa shape index (κ1) is 33.4. The minimum Gasteiger partial charge on any atom is -0.455 e. The van der Waals surface area contributed by atoms with E-state index in [0.717, 1.165) is 22.2 Å². The summed E-state index contributed by atoms with van der Waals surface area (Å²) in [6, 6.07) is 71.2. The third kappa shape index (κ3) is 4.60. The molecule has 1 aliphatic rings. The van der Waals surface area contributed by atoms with E-state index in [1.165, 1.54) is 99.2 Å². The second-order valence-electron chi connectivity index (χ2n) is 16.9. The standard InChI is InChI=1S/C57H38N2O/c1-57(2)48-26-21-35(34-47(48)55-49(57)27-25-43-42-18-10-12-20-54(42)60-56(43)55)37-23-29-52-45(32-37)46-33-38(24-30-53(46)59(52)40-15-7-4-8-16-40)36-22-28-51-44(31-36)41-17-9-11-19-50(41)58(51)39-13-5-3-6-14-39/h3-34H,1-2H3. The summed E-state index contributed by atoms with van der Waals surface area (Å²) in [7, 11) is 0. The number of nitrogens with zero attached hydrogens (tertiary/aromatic N) is 2. The number of hydrogen-bond acceptors (Lipinski definition) is 1. The average Bonchev–Trinajstić information content (AvgIpc) is 4.01. The van der Waals surface area contributed by atoms with E-state index in [1.54, 1.807) is 0 Å². The Balaban J connectivity index is 1.00. The molecule has 0 amide bonds. The largest absolute Gasteiger partial charge is 0.455 e. The molecular weight excluding hydrogens is 729 g/mol. The van der Waals surface area contributed by atoms with Crippen molar-refractivity contribution < 1.29 is 4.42 Å². The summed E-state index contributed by atoms with van der Waals surface area (Å²) in [5.74, 6) is 0. The first-order valence-corrected chi connectivity index (χ1v) is 20.8. The zero-order valence-electron chi connectivity index (χ0n) is 33.3. The molecule has 282 valence electrons. The predicted octanol–water partition coefficient (Wildman–Crippen LogP) is 15.4. The van der Waals surface area contributed by atoms with Gasteiger partial charge in [0.1, 0.15) is 11.2 Å². The van der Waals surface area contributed by atoms with Crippen molar-refractivity contribution in [2.24, 2.45) is 0 Å². The van der Waals surface area contributed by atoms with Crippen LogP contribution in [0.5, 0.6) is 0 Å². The summed E-state index contributed by atoms with van der Waals surface area (Å²) in [6.45, 7) is 4.68. The summed E-state index contributed by atoms with van der Waals surface area (Å²) in [5.41, 5.74) is 18.8. The van der Waals surface area contributed by atoms with Crippen LogP contribution in [-0.2, 0) is 5.41 Å². The van der Waals surface area contributed by atoms with E-state index in [0.29, 0.717) is 0 Å². The Morgan fingerprint density at radius 1 is 0.367 bits per heavy atom. The fourth-order valence-corrected chi connectivity index (χ4v) is 10.4. The van der Waals surface area contributed by atoms with Gasteiger partial charge in [-0.25, -0.2) is 0 Å². The number of fused-ring (bicyclic) bond motifs is 13. The molecule has 0 saturated heterocycles. The topological polar surface area (TPSA) is 23.0 Å². The van der Waals surface area contributed by atoms with Crippen molar-refractivity contribution >= 4 is 65.6 Å². The number of para-hydroxylation sites is 4. The van der Waals surface area contributed by atoms with Gasteiger partial charge in [0, 0.05) is 54.7 Å². The molecule has 1 aliphatic carbocycles. The van der Waals surface area contributed by atoms with E-state index in [2.05, 4.69) is 217 Å². The molecular formula is C57H38N2O. The van der Waals surface area contributed by atoms with E-state index in [9.17, 15) is 0 Å². The summed E-state index contributed by atoms with van der Waals surface area (Å²) in [4.78, 5) is 0. The van der Waals surface area contributed by atoms with Crippen LogP contribution in [0, 0.1) is 0 Å². The number of hydrogen-bond donors (Lipinski definition) is 0. The molecule has 0 fully saturated rings. The van der Waals surface area contributed by atoms with E-state index >= 15 is 0 Å². The Hall–Kier alpha value is -7.62. The monoisotopic (exact) mass is 766 g/mol. The Labute approximate surface area is 347 Å². The highest BCUT2D eigenvalue weighted by Crippen LogP contribution is 2.53. The van der Waals surface area contributed by atoms with Crippen LogP contribution in [0.4, 0.5) is 0 Å². The normalized spacial score (nSPS) is 13.3. The molecule has 0 unspecified atom stereocenters. The van der Waals surface area contributed by atoms with Gasteiger partial charge in [-0.2, -0.15) is 0 Å². The van der Waals surface area contributed by atoms with Gasteiger partial charge >= 0.3 is 0 Å². The maximum Gasteiger partial charge on any atom is 0.143 e. The number of aromatic nitrogens is 2. The maximum atomic E-state index is 6.65. The van der Waals surface area contributed by atoms with Crippen LogP contribution < -0.4 is 0 Å². The van der Waals surface area contributed by atoms with Gasteiger partial charge in [-0.15, -0.1) is 0 Å². The van der Waals surface area contributed by atoms with Crippen LogP contribution >= 0.6 is 0 Å². The van der Waals surface area contributed by atoms with Crippen molar-refractivity contribution in [2.45, 2.75) is 19.3 Å². The quantitative estimate of drug-likeness (QED) is 0.175. The van der Waals surface area contributed by atoms with Crippen molar-refractivity contribution in [1.29, 1.82) is 0 Å². The van der Waals surface area contributed by atoms with Gasteiger partial charge < -0.3 is 13.6 Å². The van der Waals surface area contributed by atoms with Gasteiger partial charge in [0.25, 0.3) is 0 Å². The molecule has 3 heterocycles. The lowest BCUT2D eigenvalue weighted by atomic mass is 9.82. The molecule has 13 rings (SSSR count). The summed E-state index contributed by atoms with van der Waals surface area (Å²) < 4.78 is 11.4. The Morgan fingerprint density at radius 3 is 1.45 bits per heavy atom. The SMILES string of the molecule is CC1(C)c2ccc(-c3ccc4c(c3)c3cc(-c5ccc6c(c5)c5ccccc5n6-c5ccccc5)ccc3n4-c3ccccc3)cc2-c2c1ccc1c2oc2ccccc21. The smallest absolute Gasteiger partial charge is 0.143 e. The van der Waals surface area contributed by atoms with Crippen LogP contribution in [-0.4, -0.2) is 9.13 Å². The third-order valence-corrected chi connectivity index (χ3v) is 13.3. The average molecular weight is 767 g/mol. The highest BCUT2D eigenvalue weighted by Gasteiger charge is 2.38. The molecule has 3 nitrogen and oxygen atoms in total. The summed E-state index contributed by atoms with van der Waals surface area (Å²) in [5, 5.41) is 7.31. The van der Waals surface area contributed by atoms with Crippen LogP contribution in [0.15, 0.2) is 199 Å². The fraction of sp³-hybridized carbons (Fsp3) is 0.0526. The zero-order chi connectivity index (χ0) is 39.7. The van der Waals surface area contributed by atoms with E-state index in [4.69, 9.17) is 4.42 Å².